The number of urea groups is 1. The van der Waals surface area contributed by atoms with Gasteiger partial charge in [0.1, 0.15) is 5.82 Å². The van der Waals surface area contributed by atoms with E-state index in [1.54, 1.807) is 31.4 Å². The van der Waals surface area contributed by atoms with Crippen molar-refractivity contribution >= 4 is 23.3 Å². The van der Waals surface area contributed by atoms with Crippen molar-refractivity contribution in [3.8, 4) is 11.5 Å². The van der Waals surface area contributed by atoms with E-state index >= 15 is 0 Å². The Morgan fingerprint density at radius 3 is 2.67 bits per heavy atom. The summed E-state index contributed by atoms with van der Waals surface area (Å²) in [4.78, 5) is 12.1. The molecule has 0 unspecified atom stereocenters. The molecule has 0 saturated heterocycles. The minimum absolute atomic E-state index is 0.0264. The first-order valence-corrected chi connectivity index (χ1v) is 9.26. The van der Waals surface area contributed by atoms with E-state index in [1.165, 1.54) is 25.0 Å². The molecule has 7 heteroatoms. The molecular weight excluding hydrogens is 371 g/mol. The monoisotopic (exact) mass is 392 g/mol. The molecule has 0 aliphatic heterocycles. The smallest absolute Gasteiger partial charge is 0.319 e. The quantitative estimate of drug-likeness (QED) is 0.716. The summed E-state index contributed by atoms with van der Waals surface area (Å²) in [6, 6.07) is 9.21. The van der Waals surface area contributed by atoms with Crippen LogP contribution >= 0.6 is 11.6 Å². The molecule has 0 bridgehead atoms. The number of ether oxygens (including phenoxy) is 2. The van der Waals surface area contributed by atoms with Gasteiger partial charge in [0.05, 0.1) is 18.2 Å². The van der Waals surface area contributed by atoms with E-state index in [0.29, 0.717) is 22.7 Å². The predicted molar refractivity (Wildman–Crippen MR) is 103 cm³/mol. The number of carbonyl (C=O) groups is 1. The van der Waals surface area contributed by atoms with Crippen molar-refractivity contribution < 1.29 is 18.7 Å². The van der Waals surface area contributed by atoms with Crippen molar-refractivity contribution in [1.82, 2.24) is 5.32 Å². The highest BCUT2D eigenvalue weighted by Crippen LogP contribution is 2.33. The lowest BCUT2D eigenvalue weighted by Crippen LogP contribution is -2.28. The molecule has 0 atom stereocenters. The van der Waals surface area contributed by atoms with Crippen molar-refractivity contribution in [3.05, 3.63) is 52.8 Å². The molecule has 2 N–H and O–H groups in total. The van der Waals surface area contributed by atoms with Crippen LogP contribution in [-0.2, 0) is 6.54 Å². The summed E-state index contributed by atoms with van der Waals surface area (Å²) in [5.74, 6) is 0.763. The second-order valence-corrected chi connectivity index (χ2v) is 6.85. The number of halogens is 2. The van der Waals surface area contributed by atoms with Crippen LogP contribution in [0.2, 0.25) is 5.02 Å². The minimum Gasteiger partial charge on any atom is -0.493 e. The lowest BCUT2D eigenvalue weighted by atomic mass is 10.2. The summed E-state index contributed by atoms with van der Waals surface area (Å²) >= 11 is 5.75. The van der Waals surface area contributed by atoms with Gasteiger partial charge in [-0.3, -0.25) is 0 Å². The molecule has 1 saturated carbocycles. The van der Waals surface area contributed by atoms with Crippen LogP contribution in [0.4, 0.5) is 14.9 Å². The van der Waals surface area contributed by atoms with Crippen LogP contribution < -0.4 is 20.1 Å². The second-order valence-electron chi connectivity index (χ2n) is 6.45. The maximum absolute atomic E-state index is 13.2. The SMILES string of the molecule is COc1ccc(NC(=O)NCc2ccc(F)c(Cl)c2)cc1OC1CCCC1. The highest BCUT2D eigenvalue weighted by molar-refractivity contribution is 6.30. The number of benzene rings is 2. The molecule has 2 aromatic carbocycles. The van der Waals surface area contributed by atoms with E-state index in [4.69, 9.17) is 21.1 Å². The molecule has 2 amide bonds. The molecule has 27 heavy (non-hydrogen) atoms. The maximum atomic E-state index is 13.2. The van der Waals surface area contributed by atoms with Crippen LogP contribution in [0.1, 0.15) is 31.2 Å². The molecular formula is C20H22ClFN2O3. The van der Waals surface area contributed by atoms with Crippen molar-refractivity contribution in [2.45, 2.75) is 38.3 Å². The summed E-state index contributed by atoms with van der Waals surface area (Å²) in [6.45, 7) is 0.230. The van der Waals surface area contributed by atoms with Gasteiger partial charge in [0, 0.05) is 18.3 Å². The first-order valence-electron chi connectivity index (χ1n) is 8.88. The van der Waals surface area contributed by atoms with E-state index < -0.39 is 5.82 Å². The normalized spacial score (nSPS) is 14.0. The fourth-order valence-electron chi connectivity index (χ4n) is 3.04. The van der Waals surface area contributed by atoms with Crippen molar-refractivity contribution in [2.75, 3.05) is 12.4 Å². The highest BCUT2D eigenvalue weighted by Gasteiger charge is 2.19. The number of hydrogen-bond acceptors (Lipinski definition) is 3. The average Bonchev–Trinajstić information content (AvgIpc) is 3.16. The molecule has 1 fully saturated rings. The van der Waals surface area contributed by atoms with Gasteiger partial charge in [-0.15, -0.1) is 0 Å². The zero-order valence-electron chi connectivity index (χ0n) is 15.1. The Hall–Kier alpha value is -2.47. The molecule has 0 aromatic heterocycles. The average molecular weight is 393 g/mol. The van der Waals surface area contributed by atoms with E-state index in [1.807, 2.05) is 0 Å². The van der Waals surface area contributed by atoms with Crippen molar-refractivity contribution in [1.29, 1.82) is 0 Å². The standard InChI is InChI=1S/C20H22ClFN2O3/c1-26-18-9-7-14(11-19(18)27-15-4-2-3-5-15)24-20(25)23-12-13-6-8-17(22)16(21)10-13/h6-11,15H,2-5,12H2,1H3,(H2,23,24,25). The van der Waals surface area contributed by atoms with Gasteiger partial charge in [-0.2, -0.15) is 0 Å². The third-order valence-corrected chi connectivity index (χ3v) is 4.74. The zero-order valence-corrected chi connectivity index (χ0v) is 15.8. The van der Waals surface area contributed by atoms with Crippen LogP contribution in [0.15, 0.2) is 36.4 Å². The number of rotatable bonds is 6. The predicted octanol–water partition coefficient (Wildman–Crippen LogP) is 5.13. The van der Waals surface area contributed by atoms with Gasteiger partial charge in [-0.05, 0) is 55.5 Å². The minimum atomic E-state index is -0.488. The van der Waals surface area contributed by atoms with Gasteiger partial charge >= 0.3 is 6.03 Å². The first-order chi connectivity index (χ1) is 13.0. The molecule has 1 aliphatic carbocycles. The van der Waals surface area contributed by atoms with Crippen LogP contribution in [-0.4, -0.2) is 19.2 Å². The second kappa shape index (κ2) is 8.95. The van der Waals surface area contributed by atoms with E-state index in [9.17, 15) is 9.18 Å². The van der Waals surface area contributed by atoms with Crippen LogP contribution in [0, 0.1) is 5.82 Å². The van der Waals surface area contributed by atoms with E-state index in [-0.39, 0.29) is 23.7 Å². The van der Waals surface area contributed by atoms with Gasteiger partial charge in [0.2, 0.25) is 0 Å². The Balaban J connectivity index is 1.60. The zero-order chi connectivity index (χ0) is 19.2. The number of amides is 2. The topological polar surface area (TPSA) is 59.6 Å². The van der Waals surface area contributed by atoms with Gasteiger partial charge in [0.15, 0.2) is 11.5 Å². The van der Waals surface area contributed by atoms with Crippen LogP contribution in [0.5, 0.6) is 11.5 Å². The Kier molecular flexibility index (Phi) is 6.40. The molecule has 2 aromatic rings. The molecule has 0 heterocycles. The third kappa shape index (κ3) is 5.26. The van der Waals surface area contributed by atoms with Crippen LogP contribution in [0.3, 0.4) is 0 Å². The third-order valence-electron chi connectivity index (χ3n) is 4.45. The summed E-state index contributed by atoms with van der Waals surface area (Å²) in [6.07, 6.45) is 4.58. The Labute approximate surface area is 162 Å². The number of hydrogen-bond donors (Lipinski definition) is 2. The summed E-state index contributed by atoms with van der Waals surface area (Å²) in [5.41, 5.74) is 1.30. The molecule has 1 aliphatic rings. The van der Waals surface area contributed by atoms with Crippen LogP contribution in [0.25, 0.3) is 0 Å². The summed E-state index contributed by atoms with van der Waals surface area (Å²) in [7, 11) is 1.59. The number of anilines is 1. The van der Waals surface area contributed by atoms with E-state index in [0.717, 1.165) is 12.8 Å². The fraction of sp³-hybridized carbons (Fsp3) is 0.350. The van der Waals surface area contributed by atoms with Gasteiger partial charge in [-0.25, -0.2) is 9.18 Å². The van der Waals surface area contributed by atoms with Gasteiger partial charge < -0.3 is 20.1 Å². The molecule has 0 spiro atoms. The highest BCUT2D eigenvalue weighted by atomic mass is 35.5. The Bertz CT molecular complexity index is 810. The van der Waals surface area contributed by atoms with Gasteiger partial charge in [-0.1, -0.05) is 17.7 Å². The maximum Gasteiger partial charge on any atom is 0.319 e. The summed E-state index contributed by atoms with van der Waals surface area (Å²) < 4.78 is 24.5. The Morgan fingerprint density at radius 1 is 1.19 bits per heavy atom. The largest absolute Gasteiger partial charge is 0.493 e. The number of nitrogens with one attached hydrogen (secondary N) is 2. The lowest BCUT2D eigenvalue weighted by Gasteiger charge is -2.17. The molecule has 144 valence electrons. The number of carbonyl (C=O) groups excluding carboxylic acids is 1. The van der Waals surface area contributed by atoms with Crippen molar-refractivity contribution in [3.63, 3.8) is 0 Å². The summed E-state index contributed by atoms with van der Waals surface area (Å²) in [5, 5.41) is 5.50. The van der Waals surface area contributed by atoms with Gasteiger partial charge in [0.25, 0.3) is 0 Å². The first kappa shape index (κ1) is 19.3. The fourth-order valence-corrected chi connectivity index (χ4v) is 3.24. The lowest BCUT2D eigenvalue weighted by molar-refractivity contribution is 0.201. The molecule has 3 rings (SSSR count). The van der Waals surface area contributed by atoms with E-state index in [2.05, 4.69) is 10.6 Å². The van der Waals surface area contributed by atoms with Crippen molar-refractivity contribution in [2.24, 2.45) is 0 Å². The molecule has 5 nitrogen and oxygen atoms in total. The number of methoxy groups -OCH3 is 1. The molecule has 0 radical (unpaired) electrons. The Morgan fingerprint density at radius 2 is 1.96 bits per heavy atom.